The highest BCUT2D eigenvalue weighted by molar-refractivity contribution is 5.94. The van der Waals surface area contributed by atoms with E-state index in [1.54, 1.807) is 12.1 Å². The van der Waals surface area contributed by atoms with Crippen LogP contribution in [0.15, 0.2) is 24.3 Å². The van der Waals surface area contributed by atoms with E-state index in [0.717, 1.165) is 5.75 Å². The molecule has 0 spiro atoms. The van der Waals surface area contributed by atoms with E-state index in [1.807, 2.05) is 26.1 Å². The molecule has 4 nitrogen and oxygen atoms in total. The van der Waals surface area contributed by atoms with Crippen LogP contribution in [0, 0.1) is 5.92 Å². The van der Waals surface area contributed by atoms with E-state index in [-0.39, 0.29) is 24.4 Å². The van der Waals surface area contributed by atoms with Crippen LogP contribution in [0.1, 0.15) is 31.1 Å². The molecule has 1 atom stereocenters. The number of nitrogens with one attached hydrogen (secondary N) is 2. The Morgan fingerprint density at radius 3 is 2.60 bits per heavy atom. The molecule has 5 heteroatoms. The lowest BCUT2D eigenvalue weighted by molar-refractivity contribution is 0.0950. The number of carbonyl (C=O) groups is 1. The van der Waals surface area contributed by atoms with Gasteiger partial charge in [0.25, 0.3) is 5.91 Å². The van der Waals surface area contributed by atoms with Crippen LogP contribution in [0.25, 0.3) is 0 Å². The highest BCUT2D eigenvalue weighted by atomic mass is 35.5. The van der Waals surface area contributed by atoms with Crippen LogP contribution in [-0.4, -0.2) is 32.1 Å². The number of hydrogen-bond acceptors (Lipinski definition) is 3. The molecule has 0 aliphatic rings. The van der Waals surface area contributed by atoms with Gasteiger partial charge in [0, 0.05) is 18.2 Å². The normalized spacial score (nSPS) is 11.7. The van der Waals surface area contributed by atoms with Crippen molar-refractivity contribution in [1.82, 2.24) is 10.6 Å². The van der Waals surface area contributed by atoms with Gasteiger partial charge >= 0.3 is 0 Å². The summed E-state index contributed by atoms with van der Waals surface area (Å²) < 4.78 is 5.61. The smallest absolute Gasteiger partial charge is 0.251 e. The maximum absolute atomic E-state index is 12.0. The minimum atomic E-state index is -0.0721. The summed E-state index contributed by atoms with van der Waals surface area (Å²) in [7, 11) is 1.87. The van der Waals surface area contributed by atoms with E-state index in [4.69, 9.17) is 4.74 Å². The number of benzene rings is 1. The van der Waals surface area contributed by atoms with E-state index < -0.39 is 0 Å². The summed E-state index contributed by atoms with van der Waals surface area (Å²) in [6.45, 7) is 7.46. The van der Waals surface area contributed by atoms with Crippen molar-refractivity contribution in [2.45, 2.75) is 26.8 Å². The van der Waals surface area contributed by atoms with Gasteiger partial charge in [-0.25, -0.2) is 0 Å². The second-order valence-electron chi connectivity index (χ2n) is 5.13. The summed E-state index contributed by atoms with van der Waals surface area (Å²) in [6, 6.07) is 7.54. The number of ether oxygens (including phenoxy) is 1. The van der Waals surface area contributed by atoms with Gasteiger partial charge in [0.15, 0.2) is 0 Å². The average molecular weight is 301 g/mol. The third-order valence-electron chi connectivity index (χ3n) is 2.74. The highest BCUT2D eigenvalue weighted by Gasteiger charge is 2.08. The maximum Gasteiger partial charge on any atom is 0.251 e. The fourth-order valence-electron chi connectivity index (χ4n) is 1.44. The molecule has 2 N–H and O–H groups in total. The first-order valence-corrected chi connectivity index (χ1v) is 6.71. The minimum absolute atomic E-state index is 0. The molecule has 0 heterocycles. The van der Waals surface area contributed by atoms with Gasteiger partial charge in [-0.3, -0.25) is 4.79 Å². The summed E-state index contributed by atoms with van der Waals surface area (Å²) >= 11 is 0. The molecule has 1 aromatic rings. The van der Waals surface area contributed by atoms with Gasteiger partial charge in [-0.15, -0.1) is 12.4 Å². The fourth-order valence-corrected chi connectivity index (χ4v) is 1.44. The molecule has 1 unspecified atom stereocenters. The molecule has 1 amide bonds. The van der Waals surface area contributed by atoms with Crippen LogP contribution >= 0.6 is 12.4 Å². The standard InChI is InChI=1S/C15H24N2O2.ClH/c1-11(2)10-19-14-7-5-6-13(8-14)15(18)17-9-12(3)16-4;/h5-8,11-12,16H,9-10H2,1-4H3,(H,17,18);1H. The molecule has 0 saturated heterocycles. The third kappa shape index (κ3) is 6.78. The second-order valence-corrected chi connectivity index (χ2v) is 5.13. The molecule has 20 heavy (non-hydrogen) atoms. The summed E-state index contributed by atoms with van der Waals surface area (Å²) in [4.78, 5) is 12.0. The molecule has 0 saturated carbocycles. The lowest BCUT2D eigenvalue weighted by atomic mass is 10.2. The van der Waals surface area contributed by atoms with Crippen molar-refractivity contribution in [3.63, 3.8) is 0 Å². The minimum Gasteiger partial charge on any atom is -0.493 e. The molecule has 0 aliphatic heterocycles. The van der Waals surface area contributed by atoms with Crippen LogP contribution in [-0.2, 0) is 0 Å². The first-order chi connectivity index (χ1) is 9.02. The molecular weight excluding hydrogens is 276 g/mol. The van der Waals surface area contributed by atoms with E-state index in [2.05, 4.69) is 24.5 Å². The van der Waals surface area contributed by atoms with Crippen molar-refractivity contribution in [3.05, 3.63) is 29.8 Å². The maximum atomic E-state index is 12.0. The van der Waals surface area contributed by atoms with Crippen molar-refractivity contribution < 1.29 is 9.53 Å². The molecule has 0 aliphatic carbocycles. The Hall–Kier alpha value is -1.26. The van der Waals surface area contributed by atoms with Crippen LogP contribution in [0.2, 0.25) is 0 Å². The van der Waals surface area contributed by atoms with Gasteiger partial charge in [0.1, 0.15) is 5.75 Å². The Labute approximate surface area is 127 Å². The topological polar surface area (TPSA) is 50.4 Å². The number of carbonyl (C=O) groups excluding carboxylic acids is 1. The van der Waals surface area contributed by atoms with Crippen molar-refractivity contribution >= 4 is 18.3 Å². The van der Waals surface area contributed by atoms with Crippen molar-refractivity contribution in [3.8, 4) is 5.75 Å². The Kier molecular flexibility index (Phi) is 9.01. The van der Waals surface area contributed by atoms with E-state index >= 15 is 0 Å². The molecule has 0 bridgehead atoms. The largest absolute Gasteiger partial charge is 0.493 e. The van der Waals surface area contributed by atoms with E-state index in [9.17, 15) is 4.79 Å². The second kappa shape index (κ2) is 9.61. The Morgan fingerprint density at radius 1 is 1.30 bits per heavy atom. The number of hydrogen-bond donors (Lipinski definition) is 2. The van der Waals surface area contributed by atoms with Crippen LogP contribution in [0.4, 0.5) is 0 Å². The third-order valence-corrected chi connectivity index (χ3v) is 2.74. The lowest BCUT2D eigenvalue weighted by Crippen LogP contribution is -2.37. The van der Waals surface area contributed by atoms with Gasteiger partial charge in [0.05, 0.1) is 6.61 Å². The molecule has 1 aromatic carbocycles. The predicted molar refractivity (Wildman–Crippen MR) is 84.9 cm³/mol. The zero-order valence-electron chi connectivity index (χ0n) is 12.6. The summed E-state index contributed by atoms with van der Waals surface area (Å²) in [5.41, 5.74) is 0.629. The number of amides is 1. The summed E-state index contributed by atoms with van der Waals surface area (Å²) in [5, 5.41) is 5.96. The van der Waals surface area contributed by atoms with Crippen molar-refractivity contribution in [1.29, 1.82) is 0 Å². The van der Waals surface area contributed by atoms with Crippen molar-refractivity contribution in [2.75, 3.05) is 20.2 Å². The SMILES string of the molecule is CNC(C)CNC(=O)c1cccc(OCC(C)C)c1.Cl. The first kappa shape index (κ1) is 18.7. The summed E-state index contributed by atoms with van der Waals surface area (Å²) in [5.74, 6) is 1.13. The molecule has 0 fully saturated rings. The predicted octanol–water partition coefficient (Wildman–Crippen LogP) is 2.48. The Morgan fingerprint density at radius 2 is 2.00 bits per heavy atom. The molecule has 114 valence electrons. The molecule has 0 radical (unpaired) electrons. The van der Waals surface area contributed by atoms with Crippen LogP contribution in [0.3, 0.4) is 0 Å². The fraction of sp³-hybridized carbons (Fsp3) is 0.533. The number of rotatable bonds is 7. The monoisotopic (exact) mass is 300 g/mol. The Bertz CT molecular complexity index is 411. The van der Waals surface area contributed by atoms with Gasteiger partial charge in [-0.1, -0.05) is 19.9 Å². The van der Waals surface area contributed by atoms with Gasteiger partial charge in [0.2, 0.25) is 0 Å². The van der Waals surface area contributed by atoms with Crippen LogP contribution < -0.4 is 15.4 Å². The average Bonchev–Trinajstić information content (AvgIpc) is 2.42. The summed E-state index contributed by atoms with van der Waals surface area (Å²) in [6.07, 6.45) is 0. The van der Waals surface area contributed by atoms with Crippen LogP contribution in [0.5, 0.6) is 5.75 Å². The zero-order valence-corrected chi connectivity index (χ0v) is 13.4. The molecule has 1 rings (SSSR count). The quantitative estimate of drug-likeness (QED) is 0.813. The van der Waals surface area contributed by atoms with Gasteiger partial charge < -0.3 is 15.4 Å². The number of halogens is 1. The molecular formula is C15H25ClN2O2. The molecule has 0 aromatic heterocycles. The van der Waals surface area contributed by atoms with E-state index in [1.165, 1.54) is 0 Å². The van der Waals surface area contributed by atoms with E-state index in [0.29, 0.717) is 24.6 Å². The zero-order chi connectivity index (χ0) is 14.3. The first-order valence-electron chi connectivity index (χ1n) is 6.71. The van der Waals surface area contributed by atoms with Crippen molar-refractivity contribution in [2.24, 2.45) is 5.92 Å². The Balaban J connectivity index is 0.00000361. The lowest BCUT2D eigenvalue weighted by Gasteiger charge is -2.12. The highest BCUT2D eigenvalue weighted by Crippen LogP contribution is 2.14. The van der Waals surface area contributed by atoms with Gasteiger partial charge in [-0.05, 0) is 38.1 Å². The number of likely N-dealkylation sites (N-methyl/N-ethyl adjacent to an activating group) is 1. The van der Waals surface area contributed by atoms with Gasteiger partial charge in [-0.2, -0.15) is 0 Å².